The maximum Gasteiger partial charge on any atom is 0.407 e. The molecule has 2 N–H and O–H groups in total. The van der Waals surface area contributed by atoms with Crippen molar-refractivity contribution in [3.63, 3.8) is 0 Å². The van der Waals surface area contributed by atoms with Crippen LogP contribution in [0.25, 0.3) is 11.1 Å². The Labute approximate surface area is 185 Å². The maximum absolute atomic E-state index is 11.7. The number of carbonyl (C=O) groups is 2. The lowest BCUT2D eigenvalue weighted by molar-refractivity contribution is 0.0528. The monoisotopic (exact) mass is 425 g/mol. The van der Waals surface area contributed by atoms with E-state index in [1.54, 1.807) is 0 Å². The fraction of sp³-hybridized carbons (Fsp3) is 0.440. The number of rotatable bonds is 8. The summed E-state index contributed by atoms with van der Waals surface area (Å²) in [5, 5.41) is 5.53. The van der Waals surface area contributed by atoms with Crippen molar-refractivity contribution in [1.82, 2.24) is 10.6 Å². The molecule has 2 aromatic carbocycles. The second-order valence-electron chi connectivity index (χ2n) is 8.62. The molecule has 0 aliphatic carbocycles. The number of benzene rings is 2. The fourth-order valence-corrected chi connectivity index (χ4v) is 2.87. The first-order valence-electron chi connectivity index (χ1n) is 10.6. The topological polar surface area (TPSA) is 76.7 Å². The Bertz CT molecular complexity index is 855. The summed E-state index contributed by atoms with van der Waals surface area (Å²) in [6.45, 7) is 10.2. The second-order valence-corrected chi connectivity index (χ2v) is 8.62. The minimum absolute atomic E-state index is 0.131. The van der Waals surface area contributed by atoms with Crippen LogP contribution in [0.15, 0.2) is 42.5 Å². The van der Waals surface area contributed by atoms with Crippen LogP contribution in [0, 0.1) is 6.07 Å². The largest absolute Gasteiger partial charge is 0.447 e. The molecule has 6 nitrogen and oxygen atoms in total. The molecule has 0 atom stereocenters. The highest BCUT2D eigenvalue weighted by Gasteiger charge is 2.15. The predicted octanol–water partition coefficient (Wildman–Crippen LogP) is 4.90. The van der Waals surface area contributed by atoms with E-state index in [9.17, 15) is 9.59 Å². The molecule has 0 saturated carbocycles. The average Bonchev–Trinajstić information content (AvgIpc) is 2.67. The van der Waals surface area contributed by atoms with Crippen molar-refractivity contribution in [2.45, 2.75) is 59.2 Å². The van der Waals surface area contributed by atoms with Gasteiger partial charge in [-0.25, -0.2) is 9.59 Å². The molecule has 0 unspecified atom stereocenters. The molecule has 1 radical (unpaired) electrons. The van der Waals surface area contributed by atoms with Crippen LogP contribution in [0.5, 0.6) is 0 Å². The second kappa shape index (κ2) is 11.4. The summed E-state index contributed by atoms with van der Waals surface area (Å²) in [4.78, 5) is 23.3. The molecule has 2 aromatic rings. The summed E-state index contributed by atoms with van der Waals surface area (Å²) >= 11 is 0. The Morgan fingerprint density at radius 2 is 1.55 bits per heavy atom. The van der Waals surface area contributed by atoms with Crippen molar-refractivity contribution in [3.05, 3.63) is 59.7 Å². The highest BCUT2D eigenvalue weighted by molar-refractivity contribution is 5.68. The molecule has 0 bridgehead atoms. The van der Waals surface area contributed by atoms with Crippen molar-refractivity contribution >= 4 is 12.2 Å². The predicted molar refractivity (Wildman–Crippen MR) is 122 cm³/mol. The minimum Gasteiger partial charge on any atom is -0.447 e. The quantitative estimate of drug-likeness (QED) is 0.631. The van der Waals surface area contributed by atoms with Crippen LogP contribution >= 0.6 is 0 Å². The molecule has 0 aliphatic heterocycles. The van der Waals surface area contributed by atoms with Crippen LogP contribution in [-0.4, -0.2) is 37.0 Å². The zero-order valence-electron chi connectivity index (χ0n) is 19.1. The SMILES string of the molecule is CC(C)OC(=O)NCCc1cc[c]c(-c2ccc(CCNC(=O)OC(C)(C)C)cc2)c1. The molecule has 2 rings (SSSR count). The van der Waals surface area contributed by atoms with Crippen LogP contribution in [0.3, 0.4) is 0 Å². The van der Waals surface area contributed by atoms with Gasteiger partial charge in [0.15, 0.2) is 0 Å². The first kappa shape index (κ1) is 24.3. The summed E-state index contributed by atoms with van der Waals surface area (Å²) in [6.07, 6.45) is 0.510. The third kappa shape index (κ3) is 9.55. The zero-order valence-corrected chi connectivity index (χ0v) is 19.1. The average molecular weight is 426 g/mol. The van der Waals surface area contributed by atoms with Gasteiger partial charge in [0, 0.05) is 13.1 Å². The van der Waals surface area contributed by atoms with E-state index in [-0.39, 0.29) is 6.10 Å². The molecule has 6 heteroatoms. The lowest BCUT2D eigenvalue weighted by Gasteiger charge is -2.19. The van der Waals surface area contributed by atoms with Gasteiger partial charge in [0.1, 0.15) is 5.60 Å². The van der Waals surface area contributed by atoms with Gasteiger partial charge in [-0.05, 0) is 75.8 Å². The van der Waals surface area contributed by atoms with Gasteiger partial charge >= 0.3 is 12.2 Å². The summed E-state index contributed by atoms with van der Waals surface area (Å²) in [5.74, 6) is 0. The van der Waals surface area contributed by atoms with E-state index in [1.807, 2.05) is 46.8 Å². The molecule has 2 amide bonds. The summed E-state index contributed by atoms with van der Waals surface area (Å²) < 4.78 is 10.3. The van der Waals surface area contributed by atoms with Crippen molar-refractivity contribution in [2.75, 3.05) is 13.1 Å². The third-order valence-electron chi connectivity index (χ3n) is 4.24. The van der Waals surface area contributed by atoms with Crippen molar-refractivity contribution in [1.29, 1.82) is 0 Å². The molecular weight excluding hydrogens is 392 g/mol. The highest BCUT2D eigenvalue weighted by Crippen LogP contribution is 2.21. The van der Waals surface area contributed by atoms with Gasteiger partial charge < -0.3 is 20.1 Å². The molecule has 31 heavy (non-hydrogen) atoms. The molecule has 0 aromatic heterocycles. The Morgan fingerprint density at radius 1 is 0.935 bits per heavy atom. The van der Waals surface area contributed by atoms with E-state index in [4.69, 9.17) is 9.47 Å². The molecule has 0 aliphatic rings. The van der Waals surface area contributed by atoms with E-state index in [2.05, 4.69) is 47.0 Å². The van der Waals surface area contributed by atoms with Crippen molar-refractivity contribution in [3.8, 4) is 11.1 Å². The summed E-state index contributed by atoms with van der Waals surface area (Å²) in [6, 6.07) is 17.4. The normalized spacial score (nSPS) is 11.2. The summed E-state index contributed by atoms with van der Waals surface area (Å²) in [5.41, 5.74) is 3.82. The number of hydrogen-bond donors (Lipinski definition) is 2. The van der Waals surface area contributed by atoms with Gasteiger partial charge in [-0.2, -0.15) is 0 Å². The molecular formula is C25H33N2O4. The van der Waals surface area contributed by atoms with Crippen LogP contribution in [0.2, 0.25) is 0 Å². The van der Waals surface area contributed by atoms with Gasteiger partial charge in [0.25, 0.3) is 0 Å². The smallest absolute Gasteiger partial charge is 0.407 e. The van der Waals surface area contributed by atoms with Crippen molar-refractivity contribution in [2.24, 2.45) is 0 Å². The number of ether oxygens (including phenoxy) is 2. The first-order valence-corrected chi connectivity index (χ1v) is 10.6. The van der Waals surface area contributed by atoms with Crippen molar-refractivity contribution < 1.29 is 19.1 Å². The van der Waals surface area contributed by atoms with Crippen LogP contribution < -0.4 is 10.6 Å². The maximum atomic E-state index is 11.7. The van der Waals surface area contributed by atoms with E-state index < -0.39 is 17.8 Å². The Morgan fingerprint density at radius 3 is 2.16 bits per heavy atom. The minimum atomic E-state index is -0.496. The number of hydrogen-bond acceptors (Lipinski definition) is 4. The molecule has 0 saturated heterocycles. The van der Waals surface area contributed by atoms with E-state index in [1.165, 1.54) is 0 Å². The molecule has 0 spiro atoms. The first-order chi connectivity index (χ1) is 14.6. The lowest BCUT2D eigenvalue weighted by Crippen LogP contribution is -2.33. The molecule has 0 fully saturated rings. The number of nitrogens with one attached hydrogen (secondary N) is 2. The van der Waals surface area contributed by atoms with E-state index >= 15 is 0 Å². The van der Waals surface area contributed by atoms with E-state index in [0.717, 1.165) is 28.7 Å². The van der Waals surface area contributed by atoms with Crippen LogP contribution in [-0.2, 0) is 22.3 Å². The third-order valence-corrected chi connectivity index (χ3v) is 4.24. The van der Waals surface area contributed by atoms with Gasteiger partial charge in [-0.3, -0.25) is 0 Å². The standard InChI is InChI=1S/C25H33N2O4/c1-18(2)30-23(28)26-16-14-20-7-6-8-22(17-20)21-11-9-19(10-12-21)13-15-27-24(29)31-25(3,4)5/h6-7,9-12,17-18H,13-16H2,1-5H3,(H,26,28)(H,27,29). The fourth-order valence-electron chi connectivity index (χ4n) is 2.87. The van der Waals surface area contributed by atoms with Crippen LogP contribution in [0.4, 0.5) is 9.59 Å². The van der Waals surface area contributed by atoms with Gasteiger partial charge in [0.05, 0.1) is 6.10 Å². The number of carbonyl (C=O) groups excluding carboxylic acids is 2. The van der Waals surface area contributed by atoms with Crippen LogP contribution in [0.1, 0.15) is 45.7 Å². The lowest BCUT2D eigenvalue weighted by atomic mass is 10.00. The van der Waals surface area contributed by atoms with Gasteiger partial charge in [0.2, 0.25) is 0 Å². The Balaban J connectivity index is 1.85. The van der Waals surface area contributed by atoms with E-state index in [0.29, 0.717) is 19.5 Å². The number of alkyl carbamates (subject to hydrolysis) is 2. The molecule has 167 valence electrons. The number of amides is 2. The van der Waals surface area contributed by atoms with Gasteiger partial charge in [-0.1, -0.05) is 42.5 Å². The van der Waals surface area contributed by atoms with Gasteiger partial charge in [-0.15, -0.1) is 0 Å². The Kier molecular flexibility index (Phi) is 8.91. The zero-order chi connectivity index (χ0) is 22.9. The highest BCUT2D eigenvalue weighted by atomic mass is 16.6. The summed E-state index contributed by atoms with van der Waals surface area (Å²) in [7, 11) is 0. The molecule has 0 heterocycles. The Hall–Kier alpha value is -3.02.